The van der Waals surface area contributed by atoms with Gasteiger partial charge in [0.15, 0.2) is 0 Å². The highest BCUT2D eigenvalue weighted by Crippen LogP contribution is 2.68. The van der Waals surface area contributed by atoms with E-state index in [4.69, 9.17) is 0 Å². The summed E-state index contributed by atoms with van der Waals surface area (Å²) in [6, 6.07) is 0. The van der Waals surface area contributed by atoms with Crippen molar-refractivity contribution in [1.29, 1.82) is 0 Å². The zero-order chi connectivity index (χ0) is 22.4. The van der Waals surface area contributed by atoms with E-state index in [1.54, 1.807) is 0 Å². The Kier molecular flexibility index (Phi) is 6.85. The summed E-state index contributed by atoms with van der Waals surface area (Å²) in [5, 5.41) is 9.58. The van der Waals surface area contributed by atoms with Crippen molar-refractivity contribution in [2.45, 2.75) is 105 Å². The molecule has 0 aromatic heterocycles. The van der Waals surface area contributed by atoms with E-state index in [1.165, 1.54) is 69.8 Å². The predicted octanol–water partition coefficient (Wildman–Crippen LogP) is 8.19. The van der Waals surface area contributed by atoms with Crippen molar-refractivity contribution >= 4 is 0 Å². The Morgan fingerprint density at radius 3 is 2.48 bits per heavy atom. The first-order chi connectivity index (χ1) is 14.7. The lowest BCUT2D eigenvalue weighted by Gasteiger charge is -2.60. The fraction of sp³-hybridized carbons (Fsp3) is 0.867. The summed E-state index contributed by atoms with van der Waals surface area (Å²) in [5.74, 6) is 6.37. The van der Waals surface area contributed by atoms with Crippen LogP contribution in [0.3, 0.4) is 0 Å². The SMILES string of the molecule is C=C(CO)C1=CCC2(C)C3CCC4(C)C(C(C)CCCC(C)C)CCC4C3CC[C@H]2C1. The first-order valence-corrected chi connectivity index (χ1v) is 13.7. The Balaban J connectivity index is 1.47. The van der Waals surface area contributed by atoms with Gasteiger partial charge in [-0.05, 0) is 115 Å². The van der Waals surface area contributed by atoms with Gasteiger partial charge < -0.3 is 5.11 Å². The van der Waals surface area contributed by atoms with Crippen LogP contribution in [0.15, 0.2) is 23.8 Å². The zero-order valence-electron chi connectivity index (χ0n) is 21.3. The summed E-state index contributed by atoms with van der Waals surface area (Å²) >= 11 is 0. The van der Waals surface area contributed by atoms with Gasteiger partial charge in [0.05, 0.1) is 6.61 Å². The van der Waals surface area contributed by atoms with Gasteiger partial charge in [-0.25, -0.2) is 0 Å². The van der Waals surface area contributed by atoms with E-state index < -0.39 is 0 Å². The number of allylic oxidation sites excluding steroid dienone is 1. The summed E-state index contributed by atoms with van der Waals surface area (Å²) in [6.07, 6.45) is 17.9. The first kappa shape index (κ1) is 23.6. The minimum absolute atomic E-state index is 0.124. The molecule has 4 rings (SSSR count). The molecule has 8 atom stereocenters. The number of hydrogen-bond acceptors (Lipinski definition) is 1. The summed E-state index contributed by atoms with van der Waals surface area (Å²) in [4.78, 5) is 0. The molecule has 4 aliphatic rings. The van der Waals surface area contributed by atoms with E-state index in [9.17, 15) is 5.11 Å². The Bertz CT molecular complexity index is 689. The second-order valence-electron chi connectivity index (χ2n) is 13.1. The summed E-state index contributed by atoms with van der Waals surface area (Å²) < 4.78 is 0. The molecule has 0 bridgehead atoms. The maximum absolute atomic E-state index is 9.58. The molecule has 3 saturated carbocycles. The molecule has 0 amide bonds. The van der Waals surface area contributed by atoms with Gasteiger partial charge in [-0.3, -0.25) is 0 Å². The molecule has 4 aliphatic carbocycles. The Morgan fingerprint density at radius 1 is 1.03 bits per heavy atom. The van der Waals surface area contributed by atoms with Crippen LogP contribution in [0.4, 0.5) is 0 Å². The standard InChI is InChI=1S/C30H50O/c1-20(2)8-7-9-21(3)26-12-13-27-25-11-10-24-18-23(22(4)19-31)14-16-29(24,5)28(25)15-17-30(26,27)6/h14,20-21,24-28,31H,4,7-13,15-19H2,1-3,5-6H3/t21?,24-,25?,26?,27?,28?,29?,30?/m0/s1. The maximum atomic E-state index is 9.58. The van der Waals surface area contributed by atoms with Crippen LogP contribution in [-0.2, 0) is 0 Å². The average molecular weight is 427 g/mol. The van der Waals surface area contributed by atoms with E-state index in [2.05, 4.69) is 47.3 Å². The second-order valence-corrected chi connectivity index (χ2v) is 13.1. The maximum Gasteiger partial charge on any atom is 0.0678 e. The molecule has 0 saturated heterocycles. The van der Waals surface area contributed by atoms with Gasteiger partial charge >= 0.3 is 0 Å². The Labute approximate surface area is 193 Å². The molecule has 0 aliphatic heterocycles. The minimum atomic E-state index is 0.124. The fourth-order valence-corrected chi connectivity index (χ4v) is 9.29. The van der Waals surface area contributed by atoms with Crippen LogP contribution in [-0.4, -0.2) is 11.7 Å². The van der Waals surface area contributed by atoms with Gasteiger partial charge in [0.25, 0.3) is 0 Å². The van der Waals surface area contributed by atoms with Crippen molar-refractivity contribution in [3.05, 3.63) is 23.8 Å². The van der Waals surface area contributed by atoms with Crippen LogP contribution >= 0.6 is 0 Å². The molecule has 3 fully saturated rings. The monoisotopic (exact) mass is 426 g/mol. The normalized spacial score (nSPS) is 43.1. The molecule has 31 heavy (non-hydrogen) atoms. The van der Waals surface area contributed by atoms with Gasteiger partial charge in [0.2, 0.25) is 0 Å². The van der Waals surface area contributed by atoms with Gasteiger partial charge in [-0.15, -0.1) is 0 Å². The van der Waals surface area contributed by atoms with Crippen LogP contribution < -0.4 is 0 Å². The van der Waals surface area contributed by atoms with E-state index in [1.807, 2.05) is 0 Å². The highest BCUT2D eigenvalue weighted by atomic mass is 16.3. The second kappa shape index (κ2) is 9.00. The summed E-state index contributed by atoms with van der Waals surface area (Å²) in [6.45, 7) is 16.9. The Morgan fingerprint density at radius 2 is 1.77 bits per heavy atom. The molecule has 0 heterocycles. The highest BCUT2D eigenvalue weighted by Gasteiger charge is 2.60. The molecule has 7 unspecified atom stereocenters. The van der Waals surface area contributed by atoms with E-state index in [0.29, 0.717) is 10.8 Å². The molecule has 1 nitrogen and oxygen atoms in total. The number of aliphatic hydroxyl groups excluding tert-OH is 1. The highest BCUT2D eigenvalue weighted by molar-refractivity contribution is 5.32. The molecular formula is C30H50O. The van der Waals surface area contributed by atoms with Crippen molar-refractivity contribution in [3.8, 4) is 0 Å². The number of hydrogen-bond donors (Lipinski definition) is 1. The van der Waals surface area contributed by atoms with Crippen LogP contribution in [0.5, 0.6) is 0 Å². The Hall–Kier alpha value is -0.560. The van der Waals surface area contributed by atoms with Crippen molar-refractivity contribution < 1.29 is 5.11 Å². The summed E-state index contributed by atoms with van der Waals surface area (Å²) in [7, 11) is 0. The van der Waals surface area contributed by atoms with Crippen molar-refractivity contribution in [3.63, 3.8) is 0 Å². The molecular weight excluding hydrogens is 376 g/mol. The van der Waals surface area contributed by atoms with Gasteiger partial charge in [-0.2, -0.15) is 0 Å². The van der Waals surface area contributed by atoms with Crippen molar-refractivity contribution in [1.82, 2.24) is 0 Å². The van der Waals surface area contributed by atoms with E-state index >= 15 is 0 Å². The van der Waals surface area contributed by atoms with Gasteiger partial charge in [-0.1, -0.05) is 66.5 Å². The van der Waals surface area contributed by atoms with Crippen molar-refractivity contribution in [2.24, 2.45) is 52.3 Å². The minimum Gasteiger partial charge on any atom is -0.392 e. The van der Waals surface area contributed by atoms with Crippen LogP contribution in [0.2, 0.25) is 0 Å². The molecule has 0 aromatic carbocycles. The van der Waals surface area contributed by atoms with E-state index in [-0.39, 0.29) is 6.61 Å². The number of fused-ring (bicyclic) bond motifs is 5. The first-order valence-electron chi connectivity index (χ1n) is 13.7. The molecule has 1 N–H and O–H groups in total. The lowest BCUT2D eigenvalue weighted by atomic mass is 9.44. The third kappa shape index (κ3) is 4.11. The molecule has 1 heteroatoms. The lowest BCUT2D eigenvalue weighted by Crippen LogP contribution is -2.52. The predicted molar refractivity (Wildman–Crippen MR) is 133 cm³/mol. The topological polar surface area (TPSA) is 20.2 Å². The van der Waals surface area contributed by atoms with Gasteiger partial charge in [0, 0.05) is 0 Å². The average Bonchev–Trinajstić information content (AvgIpc) is 3.09. The number of aliphatic hydroxyl groups is 1. The quantitative estimate of drug-likeness (QED) is 0.435. The largest absolute Gasteiger partial charge is 0.392 e. The zero-order valence-corrected chi connectivity index (χ0v) is 21.3. The molecule has 176 valence electrons. The van der Waals surface area contributed by atoms with E-state index in [0.717, 1.165) is 53.4 Å². The third-order valence-corrected chi connectivity index (χ3v) is 11.2. The summed E-state index contributed by atoms with van der Waals surface area (Å²) in [5.41, 5.74) is 3.40. The fourth-order valence-electron chi connectivity index (χ4n) is 9.29. The smallest absolute Gasteiger partial charge is 0.0678 e. The van der Waals surface area contributed by atoms with Gasteiger partial charge in [0.1, 0.15) is 0 Å². The molecule has 0 aromatic rings. The van der Waals surface area contributed by atoms with Crippen LogP contribution in [0.1, 0.15) is 105 Å². The van der Waals surface area contributed by atoms with Crippen molar-refractivity contribution in [2.75, 3.05) is 6.61 Å². The van der Waals surface area contributed by atoms with Crippen LogP contribution in [0, 0.1) is 52.3 Å². The third-order valence-electron chi connectivity index (χ3n) is 11.2. The molecule has 0 spiro atoms. The lowest BCUT2D eigenvalue weighted by molar-refractivity contribution is -0.101. The number of rotatable bonds is 7. The molecule has 0 radical (unpaired) electrons. The van der Waals surface area contributed by atoms with Crippen LogP contribution in [0.25, 0.3) is 0 Å².